The molecule has 1 fully saturated rings. The molecule has 0 aliphatic carbocycles. The molecule has 1 aliphatic rings. The van der Waals surface area contributed by atoms with Gasteiger partial charge in [-0.05, 0) is 31.4 Å². The number of likely N-dealkylation sites (tertiary alicyclic amines) is 1. The number of carbonyl (C=O) groups excluding carboxylic acids is 1. The maximum atomic E-state index is 12.5. The van der Waals surface area contributed by atoms with Crippen molar-refractivity contribution in [1.82, 2.24) is 9.88 Å². The number of piperidine rings is 1. The summed E-state index contributed by atoms with van der Waals surface area (Å²) in [6.07, 6.45) is 5.32. The van der Waals surface area contributed by atoms with Crippen LogP contribution in [0.1, 0.15) is 29.6 Å². The van der Waals surface area contributed by atoms with Crippen molar-refractivity contribution in [3.05, 3.63) is 34.4 Å². The molecule has 0 unspecified atom stereocenters. The Morgan fingerprint density at radius 3 is 2.78 bits per heavy atom. The normalized spacial score (nSPS) is 16.2. The monoisotopic (exact) mass is 306 g/mol. The van der Waals surface area contributed by atoms with Gasteiger partial charge in [-0.1, -0.05) is 22.0 Å². The number of carbonyl (C=O) groups is 1. The molecule has 1 aromatic heterocycles. The van der Waals surface area contributed by atoms with E-state index in [0.717, 1.165) is 46.9 Å². The molecule has 3 rings (SSSR count). The molecule has 0 bridgehead atoms. The van der Waals surface area contributed by atoms with E-state index in [-0.39, 0.29) is 5.91 Å². The number of aromatic amines is 1. The van der Waals surface area contributed by atoms with Crippen LogP contribution in [0.5, 0.6) is 0 Å². The van der Waals surface area contributed by atoms with Crippen LogP contribution in [0, 0.1) is 0 Å². The Morgan fingerprint density at radius 2 is 2.00 bits per heavy atom. The SMILES string of the molecule is O=C(c1c[nH]c2cc(Br)ccc12)N1CCCCC1. The second kappa shape index (κ2) is 4.76. The first-order chi connectivity index (χ1) is 8.75. The number of fused-ring (bicyclic) bond motifs is 1. The maximum absolute atomic E-state index is 12.5. The topological polar surface area (TPSA) is 36.1 Å². The number of aromatic nitrogens is 1. The Labute approximate surface area is 114 Å². The summed E-state index contributed by atoms with van der Waals surface area (Å²) < 4.78 is 1.02. The Morgan fingerprint density at radius 1 is 1.22 bits per heavy atom. The molecule has 3 nitrogen and oxygen atoms in total. The molecule has 94 valence electrons. The Hall–Kier alpha value is -1.29. The highest BCUT2D eigenvalue weighted by atomic mass is 79.9. The lowest BCUT2D eigenvalue weighted by Crippen LogP contribution is -2.35. The average Bonchev–Trinajstić information content (AvgIpc) is 2.81. The van der Waals surface area contributed by atoms with Crippen molar-refractivity contribution < 1.29 is 4.79 Å². The minimum absolute atomic E-state index is 0.156. The van der Waals surface area contributed by atoms with E-state index < -0.39 is 0 Å². The second-order valence-corrected chi connectivity index (χ2v) is 5.66. The van der Waals surface area contributed by atoms with Crippen LogP contribution in [0.4, 0.5) is 0 Å². The van der Waals surface area contributed by atoms with Gasteiger partial charge in [0.2, 0.25) is 0 Å². The minimum Gasteiger partial charge on any atom is -0.360 e. The highest BCUT2D eigenvalue weighted by molar-refractivity contribution is 9.10. The number of benzene rings is 1. The van der Waals surface area contributed by atoms with Crippen molar-refractivity contribution in [3.63, 3.8) is 0 Å². The van der Waals surface area contributed by atoms with Gasteiger partial charge in [0.05, 0.1) is 5.56 Å². The largest absolute Gasteiger partial charge is 0.360 e. The van der Waals surface area contributed by atoms with Crippen LogP contribution in [-0.2, 0) is 0 Å². The molecule has 1 saturated heterocycles. The van der Waals surface area contributed by atoms with Gasteiger partial charge in [-0.3, -0.25) is 4.79 Å². The quantitative estimate of drug-likeness (QED) is 0.859. The van der Waals surface area contributed by atoms with E-state index >= 15 is 0 Å². The predicted octanol–water partition coefficient (Wildman–Crippen LogP) is 3.56. The third kappa shape index (κ3) is 2.05. The molecule has 2 aromatic rings. The first kappa shape index (κ1) is 11.8. The van der Waals surface area contributed by atoms with Crippen molar-refractivity contribution >= 4 is 32.7 Å². The summed E-state index contributed by atoms with van der Waals surface area (Å²) in [5.74, 6) is 0.156. The third-order valence-corrected chi connectivity index (χ3v) is 4.01. The molecule has 1 amide bonds. The van der Waals surface area contributed by atoms with Crippen molar-refractivity contribution in [2.24, 2.45) is 0 Å². The number of amides is 1. The summed E-state index contributed by atoms with van der Waals surface area (Å²) in [6, 6.07) is 5.97. The van der Waals surface area contributed by atoms with Crippen LogP contribution in [0.25, 0.3) is 10.9 Å². The maximum Gasteiger partial charge on any atom is 0.256 e. The highest BCUT2D eigenvalue weighted by Gasteiger charge is 2.20. The summed E-state index contributed by atoms with van der Waals surface area (Å²) in [5.41, 5.74) is 1.80. The van der Waals surface area contributed by atoms with Crippen LogP contribution < -0.4 is 0 Å². The van der Waals surface area contributed by atoms with E-state index in [2.05, 4.69) is 20.9 Å². The minimum atomic E-state index is 0.156. The van der Waals surface area contributed by atoms with Gasteiger partial charge < -0.3 is 9.88 Å². The predicted molar refractivity (Wildman–Crippen MR) is 75.8 cm³/mol. The summed E-state index contributed by atoms with van der Waals surface area (Å²) in [7, 11) is 0. The molecule has 4 heteroatoms. The first-order valence-electron chi connectivity index (χ1n) is 6.31. The fourth-order valence-corrected chi connectivity index (χ4v) is 2.90. The Balaban J connectivity index is 1.96. The van der Waals surface area contributed by atoms with Crippen LogP contribution in [0.2, 0.25) is 0 Å². The lowest BCUT2D eigenvalue weighted by atomic mass is 10.1. The number of nitrogens with one attached hydrogen (secondary N) is 1. The van der Waals surface area contributed by atoms with Crippen molar-refractivity contribution in [2.45, 2.75) is 19.3 Å². The number of rotatable bonds is 1. The molecule has 1 aromatic carbocycles. The summed E-state index contributed by atoms with van der Waals surface area (Å²) in [5, 5.41) is 1.01. The zero-order valence-corrected chi connectivity index (χ0v) is 11.7. The molecule has 0 saturated carbocycles. The van der Waals surface area contributed by atoms with Gasteiger partial charge in [-0.15, -0.1) is 0 Å². The van der Waals surface area contributed by atoms with Gasteiger partial charge in [0.1, 0.15) is 0 Å². The highest BCUT2D eigenvalue weighted by Crippen LogP contribution is 2.24. The van der Waals surface area contributed by atoms with Crippen molar-refractivity contribution in [3.8, 4) is 0 Å². The number of halogens is 1. The van der Waals surface area contributed by atoms with Gasteiger partial charge in [0.15, 0.2) is 0 Å². The van der Waals surface area contributed by atoms with Gasteiger partial charge in [-0.2, -0.15) is 0 Å². The first-order valence-corrected chi connectivity index (χ1v) is 7.11. The lowest BCUT2D eigenvalue weighted by molar-refractivity contribution is 0.0726. The van der Waals surface area contributed by atoms with Gasteiger partial charge >= 0.3 is 0 Å². The van der Waals surface area contributed by atoms with E-state index in [1.54, 1.807) is 0 Å². The zero-order chi connectivity index (χ0) is 12.5. The van der Waals surface area contributed by atoms with Crippen molar-refractivity contribution in [2.75, 3.05) is 13.1 Å². The van der Waals surface area contributed by atoms with Crippen LogP contribution >= 0.6 is 15.9 Å². The second-order valence-electron chi connectivity index (χ2n) is 4.75. The molecule has 0 spiro atoms. The molecule has 2 heterocycles. The summed E-state index contributed by atoms with van der Waals surface area (Å²) >= 11 is 3.44. The summed E-state index contributed by atoms with van der Waals surface area (Å²) in [6.45, 7) is 1.78. The van der Waals surface area contributed by atoms with Crippen LogP contribution in [-0.4, -0.2) is 28.9 Å². The van der Waals surface area contributed by atoms with Crippen LogP contribution in [0.15, 0.2) is 28.9 Å². The van der Waals surface area contributed by atoms with E-state index in [4.69, 9.17) is 0 Å². The summed E-state index contributed by atoms with van der Waals surface area (Å²) in [4.78, 5) is 17.6. The molecule has 1 N–H and O–H groups in total. The Kier molecular flexibility index (Phi) is 3.12. The number of nitrogens with zero attached hydrogens (tertiary/aromatic N) is 1. The molecular weight excluding hydrogens is 292 g/mol. The average molecular weight is 307 g/mol. The van der Waals surface area contributed by atoms with E-state index in [0.29, 0.717) is 0 Å². The van der Waals surface area contributed by atoms with E-state index in [9.17, 15) is 4.79 Å². The molecule has 1 aliphatic heterocycles. The number of hydrogen-bond donors (Lipinski definition) is 1. The fourth-order valence-electron chi connectivity index (χ4n) is 2.54. The molecule has 0 radical (unpaired) electrons. The van der Waals surface area contributed by atoms with E-state index in [1.165, 1.54) is 6.42 Å². The zero-order valence-electron chi connectivity index (χ0n) is 10.1. The Bertz CT molecular complexity index is 584. The van der Waals surface area contributed by atoms with Gasteiger partial charge in [-0.25, -0.2) is 0 Å². The third-order valence-electron chi connectivity index (χ3n) is 3.52. The smallest absolute Gasteiger partial charge is 0.256 e. The van der Waals surface area contributed by atoms with Crippen molar-refractivity contribution in [1.29, 1.82) is 0 Å². The molecular formula is C14H15BrN2O. The number of H-pyrrole nitrogens is 1. The fraction of sp³-hybridized carbons (Fsp3) is 0.357. The van der Waals surface area contributed by atoms with Crippen LogP contribution in [0.3, 0.4) is 0 Å². The van der Waals surface area contributed by atoms with E-state index in [1.807, 2.05) is 29.3 Å². The van der Waals surface area contributed by atoms with Gasteiger partial charge in [0, 0.05) is 34.7 Å². The lowest BCUT2D eigenvalue weighted by Gasteiger charge is -2.26. The molecule has 18 heavy (non-hydrogen) atoms. The standard InChI is InChI=1S/C14H15BrN2O/c15-10-4-5-11-12(9-16-13(11)8-10)14(18)17-6-2-1-3-7-17/h4-5,8-9,16H,1-3,6-7H2. The molecule has 0 atom stereocenters. The number of hydrogen-bond acceptors (Lipinski definition) is 1. The van der Waals surface area contributed by atoms with Gasteiger partial charge in [0.25, 0.3) is 5.91 Å².